The standard InChI is InChI=1S/C21H30N2O3/c24-19(17-6-2-1-3-7-17)23-13-9-20(10-14-23)16-21(25,11-15-26-20)18-8-4-5-12-22-18/h4-5,8,12,17,25H,1-3,6-7,9-11,13-16H2. The summed E-state index contributed by atoms with van der Waals surface area (Å²) in [4.78, 5) is 19.2. The van der Waals surface area contributed by atoms with Gasteiger partial charge >= 0.3 is 0 Å². The Kier molecular flexibility index (Phi) is 5.02. The summed E-state index contributed by atoms with van der Waals surface area (Å²) >= 11 is 0. The number of piperidine rings is 1. The maximum Gasteiger partial charge on any atom is 0.225 e. The minimum absolute atomic E-state index is 0.232. The Morgan fingerprint density at radius 1 is 1.15 bits per heavy atom. The zero-order valence-electron chi connectivity index (χ0n) is 15.5. The molecule has 0 bridgehead atoms. The van der Waals surface area contributed by atoms with Crippen molar-refractivity contribution in [2.24, 2.45) is 5.92 Å². The largest absolute Gasteiger partial charge is 0.383 e. The van der Waals surface area contributed by atoms with E-state index in [0.717, 1.165) is 44.5 Å². The van der Waals surface area contributed by atoms with Crippen LogP contribution in [0.5, 0.6) is 0 Å². The normalized spacial score (nSPS) is 29.7. The summed E-state index contributed by atoms with van der Waals surface area (Å²) in [6.07, 6.45) is 10.3. The van der Waals surface area contributed by atoms with Gasteiger partial charge in [0.05, 0.1) is 17.9 Å². The molecule has 1 saturated carbocycles. The van der Waals surface area contributed by atoms with Gasteiger partial charge in [0.15, 0.2) is 0 Å². The second-order valence-electron chi connectivity index (χ2n) is 8.37. The van der Waals surface area contributed by atoms with E-state index >= 15 is 0 Å². The second kappa shape index (κ2) is 7.28. The zero-order valence-corrected chi connectivity index (χ0v) is 15.5. The molecule has 3 fully saturated rings. The van der Waals surface area contributed by atoms with Gasteiger partial charge in [-0.1, -0.05) is 25.3 Å². The number of nitrogens with zero attached hydrogens (tertiary/aromatic N) is 2. The number of ether oxygens (including phenoxy) is 1. The van der Waals surface area contributed by atoms with Gasteiger partial charge in [-0.2, -0.15) is 0 Å². The van der Waals surface area contributed by atoms with Gasteiger partial charge in [-0.3, -0.25) is 9.78 Å². The summed E-state index contributed by atoms with van der Waals surface area (Å²) in [6.45, 7) is 2.03. The highest BCUT2D eigenvalue weighted by atomic mass is 16.5. The SMILES string of the molecule is O=C(C1CCCCC1)N1CCC2(CC1)CC(O)(c1ccccn1)CCO2. The fourth-order valence-electron chi connectivity index (χ4n) is 5.03. The number of hydrogen-bond donors (Lipinski definition) is 1. The van der Waals surface area contributed by atoms with Gasteiger partial charge in [-0.15, -0.1) is 0 Å². The molecule has 26 heavy (non-hydrogen) atoms. The van der Waals surface area contributed by atoms with E-state index in [2.05, 4.69) is 4.98 Å². The van der Waals surface area contributed by atoms with Crippen molar-refractivity contribution in [3.05, 3.63) is 30.1 Å². The van der Waals surface area contributed by atoms with Gasteiger partial charge in [0.1, 0.15) is 5.60 Å². The van der Waals surface area contributed by atoms with E-state index in [-0.39, 0.29) is 11.5 Å². The molecule has 3 heterocycles. The lowest BCUT2D eigenvalue weighted by Crippen LogP contribution is -2.55. The number of hydrogen-bond acceptors (Lipinski definition) is 4. The first kappa shape index (κ1) is 17.9. The van der Waals surface area contributed by atoms with Crippen LogP contribution in [0.1, 0.15) is 63.5 Å². The Morgan fingerprint density at radius 3 is 2.62 bits per heavy atom. The molecule has 0 radical (unpaired) electrons. The molecule has 1 amide bonds. The molecule has 1 spiro atoms. The average molecular weight is 358 g/mol. The van der Waals surface area contributed by atoms with Crippen LogP contribution in [0.3, 0.4) is 0 Å². The Hall–Kier alpha value is -1.46. The summed E-state index contributed by atoms with van der Waals surface area (Å²) in [6, 6.07) is 5.70. The third-order valence-corrected chi connectivity index (χ3v) is 6.62. The van der Waals surface area contributed by atoms with E-state index in [1.54, 1.807) is 6.20 Å². The van der Waals surface area contributed by atoms with Crippen LogP contribution in [-0.2, 0) is 15.1 Å². The van der Waals surface area contributed by atoms with Crippen molar-refractivity contribution < 1.29 is 14.6 Å². The molecular formula is C21H30N2O3. The second-order valence-corrected chi connectivity index (χ2v) is 8.37. The summed E-state index contributed by atoms with van der Waals surface area (Å²) < 4.78 is 6.17. The zero-order chi connectivity index (χ0) is 18.0. The number of carbonyl (C=O) groups is 1. The number of amides is 1. The molecule has 1 atom stereocenters. The smallest absolute Gasteiger partial charge is 0.225 e. The minimum atomic E-state index is -0.922. The molecule has 1 aliphatic carbocycles. The van der Waals surface area contributed by atoms with Gasteiger partial charge < -0.3 is 14.7 Å². The molecule has 1 unspecified atom stereocenters. The van der Waals surface area contributed by atoms with Crippen molar-refractivity contribution in [1.29, 1.82) is 0 Å². The Bertz CT molecular complexity index is 621. The van der Waals surface area contributed by atoms with Crippen LogP contribution in [-0.4, -0.2) is 46.2 Å². The van der Waals surface area contributed by atoms with Crippen LogP contribution in [0.15, 0.2) is 24.4 Å². The molecule has 142 valence electrons. The third-order valence-electron chi connectivity index (χ3n) is 6.62. The maximum absolute atomic E-state index is 12.8. The van der Waals surface area contributed by atoms with E-state index in [4.69, 9.17) is 4.74 Å². The van der Waals surface area contributed by atoms with Gasteiger partial charge in [-0.25, -0.2) is 0 Å². The fourth-order valence-corrected chi connectivity index (χ4v) is 5.03. The number of aliphatic hydroxyl groups is 1. The quantitative estimate of drug-likeness (QED) is 0.883. The van der Waals surface area contributed by atoms with Crippen molar-refractivity contribution in [2.45, 2.75) is 69.0 Å². The first-order valence-electron chi connectivity index (χ1n) is 10.2. The monoisotopic (exact) mass is 358 g/mol. The van der Waals surface area contributed by atoms with Crippen LogP contribution < -0.4 is 0 Å². The first-order chi connectivity index (χ1) is 12.6. The summed E-state index contributed by atoms with van der Waals surface area (Å²) in [7, 11) is 0. The molecule has 1 aromatic rings. The van der Waals surface area contributed by atoms with Crippen molar-refractivity contribution in [3.63, 3.8) is 0 Å². The lowest BCUT2D eigenvalue weighted by atomic mass is 9.75. The Labute approximate surface area is 155 Å². The molecule has 0 aromatic carbocycles. The lowest BCUT2D eigenvalue weighted by Gasteiger charge is -2.49. The van der Waals surface area contributed by atoms with Gasteiger partial charge in [0.2, 0.25) is 5.91 Å². The predicted octanol–water partition coefficient (Wildman–Crippen LogP) is 3.02. The van der Waals surface area contributed by atoms with Gasteiger partial charge in [0.25, 0.3) is 0 Å². The molecule has 5 heteroatoms. The number of aromatic nitrogens is 1. The minimum Gasteiger partial charge on any atom is -0.383 e. The Balaban J connectivity index is 1.40. The van der Waals surface area contributed by atoms with Crippen LogP contribution in [0, 0.1) is 5.92 Å². The lowest BCUT2D eigenvalue weighted by molar-refractivity contribution is -0.185. The first-order valence-corrected chi connectivity index (χ1v) is 10.2. The van der Waals surface area contributed by atoms with Crippen molar-refractivity contribution >= 4 is 5.91 Å². The van der Waals surface area contributed by atoms with E-state index in [1.807, 2.05) is 23.1 Å². The molecule has 1 aromatic heterocycles. The molecule has 3 aliphatic rings. The average Bonchev–Trinajstić information content (AvgIpc) is 2.69. The van der Waals surface area contributed by atoms with Gasteiger partial charge in [-0.05, 0) is 37.8 Å². The van der Waals surface area contributed by atoms with E-state index in [0.29, 0.717) is 25.4 Å². The summed E-state index contributed by atoms with van der Waals surface area (Å²) in [5, 5.41) is 11.2. The van der Waals surface area contributed by atoms with E-state index in [1.165, 1.54) is 19.3 Å². The predicted molar refractivity (Wildman–Crippen MR) is 98.4 cm³/mol. The fraction of sp³-hybridized carbons (Fsp3) is 0.714. The highest BCUT2D eigenvalue weighted by Gasteiger charge is 2.48. The number of pyridine rings is 1. The number of likely N-dealkylation sites (tertiary alicyclic amines) is 1. The molecule has 1 N–H and O–H groups in total. The van der Waals surface area contributed by atoms with Gasteiger partial charge in [0, 0.05) is 38.0 Å². The van der Waals surface area contributed by atoms with Crippen molar-refractivity contribution in [3.8, 4) is 0 Å². The van der Waals surface area contributed by atoms with Crippen molar-refractivity contribution in [2.75, 3.05) is 19.7 Å². The summed E-state index contributed by atoms with van der Waals surface area (Å²) in [5.41, 5.74) is -0.508. The van der Waals surface area contributed by atoms with Crippen LogP contribution in [0.25, 0.3) is 0 Å². The van der Waals surface area contributed by atoms with Crippen LogP contribution in [0.4, 0.5) is 0 Å². The molecule has 5 nitrogen and oxygen atoms in total. The molecule has 2 saturated heterocycles. The Morgan fingerprint density at radius 2 is 1.92 bits per heavy atom. The van der Waals surface area contributed by atoms with Crippen LogP contribution in [0.2, 0.25) is 0 Å². The number of carbonyl (C=O) groups excluding carboxylic acids is 1. The summed E-state index contributed by atoms with van der Waals surface area (Å²) in [5.74, 6) is 0.575. The van der Waals surface area contributed by atoms with E-state index < -0.39 is 5.60 Å². The topological polar surface area (TPSA) is 62.7 Å². The molecule has 2 aliphatic heterocycles. The maximum atomic E-state index is 12.8. The molecule has 4 rings (SSSR count). The highest BCUT2D eigenvalue weighted by Crippen LogP contribution is 2.44. The van der Waals surface area contributed by atoms with Crippen molar-refractivity contribution in [1.82, 2.24) is 9.88 Å². The highest BCUT2D eigenvalue weighted by molar-refractivity contribution is 5.79. The van der Waals surface area contributed by atoms with E-state index in [9.17, 15) is 9.90 Å². The van der Waals surface area contributed by atoms with Crippen LogP contribution >= 0.6 is 0 Å². The third kappa shape index (κ3) is 3.52. The molecular weight excluding hydrogens is 328 g/mol. The number of rotatable bonds is 2.